The molecule has 0 aromatic heterocycles. The summed E-state index contributed by atoms with van der Waals surface area (Å²) in [6.45, 7) is 4.44. The summed E-state index contributed by atoms with van der Waals surface area (Å²) in [5.41, 5.74) is 0. The molecule has 0 aliphatic carbocycles. The first-order valence-corrected chi connectivity index (χ1v) is 5.26. The number of halogens is 2. The molecule has 1 aliphatic rings. The third-order valence-electron chi connectivity index (χ3n) is 2.81. The van der Waals surface area contributed by atoms with Crippen LogP contribution in [0, 0.1) is 5.92 Å². The van der Waals surface area contributed by atoms with E-state index in [0.29, 0.717) is 6.42 Å². The van der Waals surface area contributed by atoms with Gasteiger partial charge in [0.2, 0.25) is 0 Å². The van der Waals surface area contributed by atoms with Gasteiger partial charge in [0.15, 0.2) is 0 Å². The van der Waals surface area contributed by atoms with E-state index in [9.17, 15) is 8.78 Å². The zero-order valence-electron chi connectivity index (χ0n) is 9.11. The Morgan fingerprint density at radius 2 is 2.14 bits per heavy atom. The largest absolute Gasteiger partial charge is 0.318 e. The highest BCUT2D eigenvalue weighted by atomic mass is 19.3. The molecule has 1 aliphatic heterocycles. The lowest BCUT2D eigenvalue weighted by Gasteiger charge is -2.39. The van der Waals surface area contributed by atoms with Crippen LogP contribution in [0.1, 0.15) is 26.7 Å². The minimum atomic E-state index is -2.54. The van der Waals surface area contributed by atoms with Crippen LogP contribution in [0.15, 0.2) is 0 Å². The zero-order chi connectivity index (χ0) is 10.8. The molecule has 0 saturated carbocycles. The summed E-state index contributed by atoms with van der Waals surface area (Å²) in [5.74, 6) is -2.57. The molecule has 0 amide bonds. The topological polar surface area (TPSA) is 24.1 Å². The van der Waals surface area contributed by atoms with Crippen molar-refractivity contribution >= 4 is 0 Å². The fraction of sp³-hybridized carbons (Fsp3) is 1.00. The third-order valence-corrected chi connectivity index (χ3v) is 2.81. The number of likely N-dealkylation sites (N-methyl/N-ethyl adjacent to an activating group) is 1. The zero-order valence-corrected chi connectivity index (χ0v) is 9.11. The number of alkyl halides is 2. The average molecular weight is 206 g/mol. The Labute approximate surface area is 84.4 Å². The molecule has 2 unspecified atom stereocenters. The van der Waals surface area contributed by atoms with Crippen LogP contribution in [-0.2, 0) is 0 Å². The van der Waals surface area contributed by atoms with Crippen LogP contribution in [0.5, 0.6) is 0 Å². The molecular formula is C10H20F2N2. The highest BCUT2D eigenvalue weighted by molar-refractivity contribution is 4.94. The van der Waals surface area contributed by atoms with Gasteiger partial charge in [0.1, 0.15) is 0 Å². The van der Waals surface area contributed by atoms with Crippen LogP contribution in [0.2, 0.25) is 0 Å². The van der Waals surface area contributed by atoms with Gasteiger partial charge in [-0.3, -0.25) is 0 Å². The molecule has 0 radical (unpaired) electrons. The fourth-order valence-corrected chi connectivity index (χ4v) is 2.07. The van der Waals surface area contributed by atoms with Gasteiger partial charge in [0, 0.05) is 19.0 Å². The van der Waals surface area contributed by atoms with E-state index in [2.05, 4.69) is 10.6 Å². The smallest absolute Gasteiger partial charge is 0.263 e. The molecule has 0 bridgehead atoms. The van der Waals surface area contributed by atoms with Gasteiger partial charge in [-0.2, -0.15) is 0 Å². The number of rotatable bonds is 3. The first-order chi connectivity index (χ1) is 6.47. The highest BCUT2D eigenvalue weighted by Gasteiger charge is 2.45. The molecule has 2 atom stereocenters. The molecule has 0 aromatic rings. The maximum atomic E-state index is 13.5. The van der Waals surface area contributed by atoms with Gasteiger partial charge in [-0.15, -0.1) is 0 Å². The predicted molar refractivity (Wildman–Crippen MR) is 53.7 cm³/mol. The van der Waals surface area contributed by atoms with Crippen molar-refractivity contribution in [2.24, 2.45) is 5.92 Å². The predicted octanol–water partition coefficient (Wildman–Crippen LogP) is 1.62. The van der Waals surface area contributed by atoms with Crippen molar-refractivity contribution in [3.63, 3.8) is 0 Å². The number of piperidine rings is 1. The fourth-order valence-electron chi connectivity index (χ4n) is 2.07. The van der Waals surface area contributed by atoms with Crippen LogP contribution in [0.4, 0.5) is 8.78 Å². The van der Waals surface area contributed by atoms with Crippen LogP contribution in [0.3, 0.4) is 0 Å². The number of nitrogens with one attached hydrogen (secondary N) is 2. The van der Waals surface area contributed by atoms with Crippen LogP contribution < -0.4 is 10.6 Å². The van der Waals surface area contributed by atoms with E-state index in [1.54, 1.807) is 0 Å². The lowest BCUT2D eigenvalue weighted by molar-refractivity contribution is -0.0832. The molecule has 4 heteroatoms. The first-order valence-electron chi connectivity index (χ1n) is 5.26. The van der Waals surface area contributed by atoms with Crippen molar-refractivity contribution in [2.45, 2.75) is 44.7 Å². The van der Waals surface area contributed by atoms with Crippen LogP contribution >= 0.6 is 0 Å². The van der Waals surface area contributed by atoms with Gasteiger partial charge in [-0.05, 0) is 19.4 Å². The Morgan fingerprint density at radius 3 is 2.64 bits per heavy atom. The highest BCUT2D eigenvalue weighted by Crippen LogP contribution is 2.33. The van der Waals surface area contributed by atoms with Crippen molar-refractivity contribution in [2.75, 3.05) is 13.6 Å². The molecule has 0 spiro atoms. The van der Waals surface area contributed by atoms with Gasteiger partial charge in [-0.25, -0.2) is 8.78 Å². The number of hydrogen-bond acceptors (Lipinski definition) is 2. The molecule has 2 nitrogen and oxygen atoms in total. The summed E-state index contributed by atoms with van der Waals surface area (Å²) in [6.07, 6.45) is 0.562. The molecule has 84 valence electrons. The Morgan fingerprint density at radius 1 is 1.50 bits per heavy atom. The molecule has 1 rings (SSSR count). The van der Waals surface area contributed by atoms with Gasteiger partial charge < -0.3 is 10.6 Å². The Bertz CT molecular complexity index is 183. The van der Waals surface area contributed by atoms with Crippen molar-refractivity contribution in [1.29, 1.82) is 0 Å². The minimum absolute atomic E-state index is 0.00912. The second kappa shape index (κ2) is 4.53. The SMILES string of the molecule is CNCC1CCC(F)(F)C(C(C)C)N1. The lowest BCUT2D eigenvalue weighted by Crippen LogP contribution is -2.58. The number of hydrogen-bond donors (Lipinski definition) is 2. The summed E-state index contributed by atoms with van der Waals surface area (Å²) in [6, 6.07) is -0.485. The standard InChI is InChI=1S/C10H20F2N2/c1-7(2)9-10(11,12)5-4-8(14-9)6-13-3/h7-9,13-14H,4-6H2,1-3H3. The average Bonchev–Trinajstić information content (AvgIpc) is 2.08. The van der Waals surface area contributed by atoms with Crippen molar-refractivity contribution in [3.8, 4) is 0 Å². The quantitative estimate of drug-likeness (QED) is 0.733. The summed E-state index contributed by atoms with van der Waals surface area (Å²) in [4.78, 5) is 0. The molecule has 1 fully saturated rings. The molecular weight excluding hydrogens is 186 g/mol. The van der Waals surface area contributed by atoms with E-state index >= 15 is 0 Å². The van der Waals surface area contributed by atoms with E-state index in [0.717, 1.165) is 6.54 Å². The van der Waals surface area contributed by atoms with Crippen molar-refractivity contribution in [3.05, 3.63) is 0 Å². The maximum Gasteiger partial charge on any atom is 0.263 e. The second-order valence-corrected chi connectivity index (χ2v) is 4.44. The van der Waals surface area contributed by atoms with Crippen LogP contribution in [0.25, 0.3) is 0 Å². The van der Waals surface area contributed by atoms with E-state index in [1.165, 1.54) is 0 Å². The molecule has 1 saturated heterocycles. The Kier molecular flexibility index (Phi) is 3.84. The van der Waals surface area contributed by atoms with Gasteiger partial charge in [-0.1, -0.05) is 13.8 Å². The van der Waals surface area contributed by atoms with E-state index in [-0.39, 0.29) is 18.4 Å². The molecule has 0 aromatic carbocycles. The van der Waals surface area contributed by atoms with E-state index in [4.69, 9.17) is 0 Å². The van der Waals surface area contributed by atoms with Crippen molar-refractivity contribution < 1.29 is 8.78 Å². The Hall–Kier alpha value is -0.220. The van der Waals surface area contributed by atoms with Gasteiger partial charge >= 0.3 is 0 Å². The minimum Gasteiger partial charge on any atom is -0.318 e. The van der Waals surface area contributed by atoms with Crippen LogP contribution in [-0.4, -0.2) is 31.6 Å². The molecule has 1 heterocycles. The second-order valence-electron chi connectivity index (χ2n) is 4.44. The normalized spacial score (nSPS) is 32.1. The lowest BCUT2D eigenvalue weighted by atomic mass is 9.88. The Balaban J connectivity index is 2.58. The summed E-state index contributed by atoms with van der Waals surface area (Å²) in [5, 5.41) is 6.05. The monoisotopic (exact) mass is 206 g/mol. The van der Waals surface area contributed by atoms with E-state index < -0.39 is 12.0 Å². The molecule has 14 heavy (non-hydrogen) atoms. The van der Waals surface area contributed by atoms with Gasteiger partial charge in [0.05, 0.1) is 6.04 Å². The maximum absolute atomic E-state index is 13.5. The first kappa shape index (κ1) is 11.9. The van der Waals surface area contributed by atoms with Crippen molar-refractivity contribution in [1.82, 2.24) is 10.6 Å². The summed E-state index contributed by atoms with van der Waals surface area (Å²) < 4.78 is 26.9. The van der Waals surface area contributed by atoms with Gasteiger partial charge in [0.25, 0.3) is 5.92 Å². The summed E-state index contributed by atoms with van der Waals surface area (Å²) in [7, 11) is 1.85. The third kappa shape index (κ3) is 2.64. The molecule has 2 N–H and O–H groups in total. The van der Waals surface area contributed by atoms with E-state index in [1.807, 2.05) is 20.9 Å². The summed E-state index contributed by atoms with van der Waals surface area (Å²) >= 11 is 0.